The first-order valence-corrected chi connectivity index (χ1v) is 12.8. The molecule has 0 saturated carbocycles. The SMILES string of the molecule is CC(C)(C)NS(=O)(=O)c1ccc(C(=O)Nc2ccc(N3CCc4sccc4C3)cc2)cc1. The van der Waals surface area contributed by atoms with E-state index in [1.54, 1.807) is 20.8 Å². The molecule has 0 bridgehead atoms. The van der Waals surface area contributed by atoms with Gasteiger partial charge in [-0.25, -0.2) is 13.1 Å². The van der Waals surface area contributed by atoms with Gasteiger partial charge in [0.05, 0.1) is 4.90 Å². The zero-order chi connectivity index (χ0) is 22.9. The predicted octanol–water partition coefficient (Wildman–Crippen LogP) is 4.64. The van der Waals surface area contributed by atoms with E-state index in [1.165, 1.54) is 34.7 Å². The molecule has 8 heteroatoms. The van der Waals surface area contributed by atoms with Gasteiger partial charge in [0.25, 0.3) is 5.91 Å². The van der Waals surface area contributed by atoms with E-state index >= 15 is 0 Å². The van der Waals surface area contributed by atoms with E-state index in [2.05, 4.69) is 26.4 Å². The average molecular weight is 470 g/mol. The molecular formula is C24H27N3O3S2. The first kappa shape index (κ1) is 22.5. The second-order valence-corrected chi connectivity index (χ2v) is 11.6. The molecule has 2 heterocycles. The van der Waals surface area contributed by atoms with Gasteiger partial charge in [-0.3, -0.25) is 4.79 Å². The minimum absolute atomic E-state index is 0.128. The van der Waals surface area contributed by atoms with Crippen molar-refractivity contribution in [1.29, 1.82) is 0 Å². The summed E-state index contributed by atoms with van der Waals surface area (Å²) in [5, 5.41) is 5.02. The first-order valence-electron chi connectivity index (χ1n) is 10.5. The first-order chi connectivity index (χ1) is 15.1. The molecule has 0 fully saturated rings. The lowest BCUT2D eigenvalue weighted by Gasteiger charge is -2.29. The Hall–Kier alpha value is -2.68. The van der Waals surface area contributed by atoms with E-state index in [9.17, 15) is 13.2 Å². The van der Waals surface area contributed by atoms with Crippen LogP contribution in [0.4, 0.5) is 11.4 Å². The Morgan fingerprint density at radius 1 is 1.00 bits per heavy atom. The molecule has 0 spiro atoms. The van der Waals surface area contributed by atoms with Gasteiger partial charge in [0.2, 0.25) is 10.0 Å². The van der Waals surface area contributed by atoms with Crippen LogP contribution < -0.4 is 14.9 Å². The van der Waals surface area contributed by atoms with Crippen LogP contribution in [0.3, 0.4) is 0 Å². The number of carbonyl (C=O) groups excluding carboxylic acids is 1. The Bertz CT molecular complexity index is 1210. The van der Waals surface area contributed by atoms with Gasteiger partial charge in [-0.15, -0.1) is 11.3 Å². The number of amides is 1. The second kappa shape index (κ2) is 8.69. The molecule has 32 heavy (non-hydrogen) atoms. The lowest BCUT2D eigenvalue weighted by molar-refractivity contribution is 0.102. The van der Waals surface area contributed by atoms with Crippen LogP contribution in [0.1, 0.15) is 41.6 Å². The van der Waals surface area contributed by atoms with Crippen LogP contribution in [0.25, 0.3) is 0 Å². The van der Waals surface area contributed by atoms with E-state index in [-0.39, 0.29) is 10.8 Å². The van der Waals surface area contributed by atoms with Gasteiger partial charge in [0, 0.05) is 40.4 Å². The van der Waals surface area contributed by atoms with E-state index in [0.29, 0.717) is 11.3 Å². The van der Waals surface area contributed by atoms with Gasteiger partial charge in [-0.1, -0.05) is 0 Å². The summed E-state index contributed by atoms with van der Waals surface area (Å²) in [5.41, 5.74) is 3.02. The van der Waals surface area contributed by atoms with Crippen LogP contribution in [0.15, 0.2) is 64.9 Å². The van der Waals surface area contributed by atoms with Crippen molar-refractivity contribution >= 4 is 38.6 Å². The van der Waals surface area contributed by atoms with Gasteiger partial charge in [0.15, 0.2) is 0 Å². The minimum Gasteiger partial charge on any atom is -0.367 e. The van der Waals surface area contributed by atoms with E-state index in [4.69, 9.17) is 0 Å². The fourth-order valence-corrected chi connectivity index (χ4v) is 5.98. The van der Waals surface area contributed by atoms with Crippen LogP contribution in [0.5, 0.6) is 0 Å². The molecule has 3 aromatic rings. The summed E-state index contributed by atoms with van der Waals surface area (Å²) in [6.45, 7) is 7.23. The quantitative estimate of drug-likeness (QED) is 0.571. The number of rotatable bonds is 5. The highest BCUT2D eigenvalue weighted by atomic mass is 32.2. The largest absolute Gasteiger partial charge is 0.367 e. The van der Waals surface area contributed by atoms with Crippen LogP contribution in [0, 0.1) is 0 Å². The Morgan fingerprint density at radius 2 is 1.69 bits per heavy atom. The molecule has 0 unspecified atom stereocenters. The normalized spacial score (nSPS) is 14.2. The smallest absolute Gasteiger partial charge is 0.255 e. The third-order valence-corrected chi connectivity index (χ3v) is 7.96. The van der Waals surface area contributed by atoms with Crippen LogP contribution >= 0.6 is 11.3 Å². The Labute approximate surface area is 193 Å². The highest BCUT2D eigenvalue weighted by molar-refractivity contribution is 7.89. The van der Waals surface area contributed by atoms with Gasteiger partial charge in [-0.05, 0) is 92.7 Å². The summed E-state index contributed by atoms with van der Waals surface area (Å²) < 4.78 is 27.4. The second-order valence-electron chi connectivity index (χ2n) is 8.92. The zero-order valence-electron chi connectivity index (χ0n) is 18.4. The standard InChI is InChI=1S/C24H27N3O3S2/c1-24(2,3)26-32(29,30)21-10-4-17(5-11-21)23(28)25-19-6-8-20(9-7-19)27-14-12-22-18(16-27)13-15-31-22/h4-11,13,15,26H,12,14,16H2,1-3H3,(H,25,28). The molecule has 0 aliphatic carbocycles. The van der Waals surface area contributed by atoms with Gasteiger partial charge >= 0.3 is 0 Å². The monoisotopic (exact) mass is 469 g/mol. The maximum Gasteiger partial charge on any atom is 0.255 e. The molecule has 0 atom stereocenters. The van der Waals surface area contributed by atoms with Crippen LogP contribution in [-0.2, 0) is 23.0 Å². The highest BCUT2D eigenvalue weighted by Gasteiger charge is 2.22. The fraction of sp³-hybridized carbons (Fsp3) is 0.292. The number of benzene rings is 2. The van der Waals surface area contributed by atoms with Gasteiger partial charge < -0.3 is 10.2 Å². The fourth-order valence-electron chi connectivity index (χ4n) is 3.68. The van der Waals surface area contributed by atoms with E-state index in [0.717, 1.165) is 25.2 Å². The molecule has 0 radical (unpaired) electrons. The van der Waals surface area contributed by atoms with Crippen molar-refractivity contribution in [3.63, 3.8) is 0 Å². The van der Waals surface area contributed by atoms with E-state index in [1.807, 2.05) is 35.6 Å². The number of hydrogen-bond donors (Lipinski definition) is 2. The third-order valence-electron chi connectivity index (χ3n) is 5.17. The topological polar surface area (TPSA) is 78.5 Å². The molecule has 1 aliphatic heterocycles. The summed E-state index contributed by atoms with van der Waals surface area (Å²) in [6, 6.07) is 15.9. The maximum absolute atomic E-state index is 12.6. The summed E-state index contributed by atoms with van der Waals surface area (Å²) in [6.07, 6.45) is 1.06. The molecule has 1 aliphatic rings. The maximum atomic E-state index is 12.6. The summed E-state index contributed by atoms with van der Waals surface area (Å²) in [4.78, 5) is 16.6. The Morgan fingerprint density at radius 3 is 2.34 bits per heavy atom. The van der Waals surface area contributed by atoms with Crippen molar-refractivity contribution < 1.29 is 13.2 Å². The van der Waals surface area contributed by atoms with Crippen LogP contribution in [0.2, 0.25) is 0 Å². The molecular weight excluding hydrogens is 442 g/mol. The number of hydrogen-bond acceptors (Lipinski definition) is 5. The number of carbonyl (C=O) groups is 1. The van der Waals surface area contributed by atoms with Crippen LogP contribution in [-0.4, -0.2) is 26.4 Å². The van der Waals surface area contributed by atoms with Crippen molar-refractivity contribution in [3.05, 3.63) is 76.0 Å². The molecule has 2 aromatic carbocycles. The molecule has 2 N–H and O–H groups in total. The van der Waals surface area contributed by atoms with Crippen molar-refractivity contribution in [2.45, 2.75) is 44.2 Å². The van der Waals surface area contributed by atoms with Gasteiger partial charge in [0.1, 0.15) is 0 Å². The third kappa shape index (κ3) is 5.20. The lowest BCUT2D eigenvalue weighted by atomic mass is 10.1. The summed E-state index contributed by atoms with van der Waals surface area (Å²) >= 11 is 1.82. The summed E-state index contributed by atoms with van der Waals surface area (Å²) in [7, 11) is -3.64. The average Bonchev–Trinajstić information content (AvgIpc) is 3.20. The van der Waals surface area contributed by atoms with E-state index < -0.39 is 15.6 Å². The molecule has 4 rings (SSSR count). The molecule has 0 saturated heterocycles. The molecule has 168 valence electrons. The zero-order valence-corrected chi connectivity index (χ0v) is 20.0. The number of nitrogens with one attached hydrogen (secondary N) is 2. The number of thiophene rings is 1. The highest BCUT2D eigenvalue weighted by Crippen LogP contribution is 2.28. The predicted molar refractivity (Wildman–Crippen MR) is 130 cm³/mol. The molecule has 1 amide bonds. The number of nitrogens with zero attached hydrogens (tertiary/aromatic N) is 1. The molecule has 1 aromatic heterocycles. The Balaban J connectivity index is 1.40. The minimum atomic E-state index is -3.64. The summed E-state index contributed by atoms with van der Waals surface area (Å²) in [5.74, 6) is -0.286. The molecule has 6 nitrogen and oxygen atoms in total. The number of sulfonamides is 1. The van der Waals surface area contributed by atoms with Crippen molar-refractivity contribution in [2.75, 3.05) is 16.8 Å². The van der Waals surface area contributed by atoms with Crippen molar-refractivity contribution in [3.8, 4) is 0 Å². The van der Waals surface area contributed by atoms with Crippen molar-refractivity contribution in [1.82, 2.24) is 4.72 Å². The van der Waals surface area contributed by atoms with Gasteiger partial charge in [-0.2, -0.15) is 0 Å². The Kier molecular flexibility index (Phi) is 6.11. The number of anilines is 2. The lowest BCUT2D eigenvalue weighted by Crippen LogP contribution is -2.40. The van der Waals surface area contributed by atoms with Crippen molar-refractivity contribution in [2.24, 2.45) is 0 Å². The number of fused-ring (bicyclic) bond motifs is 1.